The Hall–Kier alpha value is 0.420. The van der Waals surface area contributed by atoms with Crippen LogP contribution in [0.2, 0.25) is 0 Å². The molecule has 1 atom stereocenters. The SMILES string of the molecule is O=S(O)CSO. The van der Waals surface area contributed by atoms with Crippen LogP contribution in [-0.2, 0) is 11.1 Å². The van der Waals surface area contributed by atoms with E-state index in [1.807, 2.05) is 0 Å². The highest BCUT2D eigenvalue weighted by atomic mass is 32.2. The smallest absolute Gasteiger partial charge is 0.165 e. The lowest BCUT2D eigenvalue weighted by Gasteiger charge is -1.80. The zero-order valence-corrected chi connectivity index (χ0v) is 4.46. The molecule has 1 unspecified atom stereocenters. The zero-order chi connectivity index (χ0) is 4.99. The molecule has 2 N–H and O–H groups in total. The molecule has 6 heavy (non-hydrogen) atoms. The molecule has 0 aliphatic carbocycles. The summed E-state index contributed by atoms with van der Waals surface area (Å²) in [6.07, 6.45) is 0. The molecule has 3 nitrogen and oxygen atoms in total. The third-order valence-corrected chi connectivity index (χ3v) is 1.38. The Bertz CT molecular complexity index is 52.8. The van der Waals surface area contributed by atoms with Gasteiger partial charge in [0, 0.05) is 12.0 Å². The second-order valence-electron chi connectivity index (χ2n) is 0.568. The summed E-state index contributed by atoms with van der Waals surface area (Å²) in [6, 6.07) is 0. The van der Waals surface area contributed by atoms with Crippen LogP contribution < -0.4 is 0 Å². The minimum atomic E-state index is -1.85. The second-order valence-corrected chi connectivity index (χ2v) is 2.41. The monoisotopic (exact) mass is 128 g/mol. The van der Waals surface area contributed by atoms with Crippen LogP contribution in [0.4, 0.5) is 0 Å². The van der Waals surface area contributed by atoms with E-state index in [1.54, 1.807) is 0 Å². The maximum absolute atomic E-state index is 9.53. The molecule has 0 rings (SSSR count). The molecule has 0 saturated carbocycles. The first-order valence-electron chi connectivity index (χ1n) is 1.11. The molecule has 0 amide bonds. The Labute approximate surface area is 42.2 Å². The number of hydrogen-bond donors (Lipinski definition) is 2. The number of rotatable bonds is 2. The predicted octanol–water partition coefficient (Wildman–Crippen LogP) is 0.372. The fourth-order valence-electron chi connectivity index (χ4n) is 0.0451. The van der Waals surface area contributed by atoms with Gasteiger partial charge in [-0.2, -0.15) is 0 Å². The van der Waals surface area contributed by atoms with Crippen LogP contribution in [0, 0.1) is 0 Å². The van der Waals surface area contributed by atoms with E-state index in [-0.39, 0.29) is 5.08 Å². The molecule has 0 aromatic carbocycles. The maximum atomic E-state index is 9.53. The molecule has 0 aliphatic heterocycles. The molecule has 0 aliphatic rings. The van der Waals surface area contributed by atoms with E-state index in [4.69, 9.17) is 9.11 Å². The highest BCUT2D eigenvalue weighted by Crippen LogP contribution is 1.89. The van der Waals surface area contributed by atoms with E-state index in [9.17, 15) is 4.21 Å². The lowest BCUT2D eigenvalue weighted by molar-refractivity contribution is 0.568. The minimum Gasteiger partial charge on any atom is -0.329 e. The van der Waals surface area contributed by atoms with Gasteiger partial charge in [0.15, 0.2) is 11.1 Å². The van der Waals surface area contributed by atoms with Crippen molar-refractivity contribution in [2.24, 2.45) is 0 Å². The third kappa shape index (κ3) is 4.42. The predicted molar refractivity (Wildman–Crippen MR) is 25.9 cm³/mol. The molecule has 38 valence electrons. The van der Waals surface area contributed by atoms with Crippen LogP contribution in [0.3, 0.4) is 0 Å². The van der Waals surface area contributed by atoms with Gasteiger partial charge in [0.25, 0.3) is 0 Å². The summed E-state index contributed by atoms with van der Waals surface area (Å²) in [5.74, 6) is 0. The van der Waals surface area contributed by atoms with Crippen molar-refractivity contribution >= 4 is 23.1 Å². The van der Waals surface area contributed by atoms with E-state index < -0.39 is 11.1 Å². The normalized spacial score (nSPS) is 14.3. The van der Waals surface area contributed by atoms with E-state index in [0.717, 1.165) is 0 Å². The van der Waals surface area contributed by atoms with Gasteiger partial charge in [-0.05, 0) is 0 Å². The quantitative estimate of drug-likeness (QED) is 0.416. The fraction of sp³-hybridized carbons (Fsp3) is 1.00. The van der Waals surface area contributed by atoms with Crippen molar-refractivity contribution in [1.82, 2.24) is 0 Å². The van der Waals surface area contributed by atoms with E-state index in [1.165, 1.54) is 0 Å². The third-order valence-electron chi connectivity index (χ3n) is 0.154. The Morgan fingerprint density at radius 1 is 1.83 bits per heavy atom. The summed E-state index contributed by atoms with van der Waals surface area (Å²) in [5, 5.41) is -0.125. The molecule has 0 fully saturated rings. The summed E-state index contributed by atoms with van der Waals surface area (Å²) in [6.45, 7) is 0. The molecule has 0 saturated heterocycles. The van der Waals surface area contributed by atoms with Crippen molar-refractivity contribution < 1.29 is 13.3 Å². The topological polar surface area (TPSA) is 57.5 Å². The van der Waals surface area contributed by atoms with Gasteiger partial charge in [0.2, 0.25) is 0 Å². The van der Waals surface area contributed by atoms with Crippen molar-refractivity contribution in [3.05, 3.63) is 0 Å². The van der Waals surface area contributed by atoms with Crippen LogP contribution in [0.25, 0.3) is 0 Å². The van der Waals surface area contributed by atoms with Crippen molar-refractivity contribution in [2.75, 3.05) is 5.08 Å². The standard InChI is InChI=1S/CH4O3S2/c2-5-1-6(3)4/h2H,1H2,(H,3,4). The zero-order valence-electron chi connectivity index (χ0n) is 2.83. The summed E-state index contributed by atoms with van der Waals surface area (Å²) in [4.78, 5) is 0. The van der Waals surface area contributed by atoms with Gasteiger partial charge >= 0.3 is 0 Å². The first-order valence-corrected chi connectivity index (χ1v) is 3.33. The van der Waals surface area contributed by atoms with E-state index in [2.05, 4.69) is 0 Å². The van der Waals surface area contributed by atoms with Crippen LogP contribution >= 0.6 is 12.0 Å². The van der Waals surface area contributed by atoms with Gasteiger partial charge in [-0.3, -0.25) is 0 Å². The lowest BCUT2D eigenvalue weighted by atomic mass is 11.9. The minimum absolute atomic E-state index is 0.125. The van der Waals surface area contributed by atoms with Crippen molar-refractivity contribution in [1.29, 1.82) is 0 Å². The van der Waals surface area contributed by atoms with Crippen molar-refractivity contribution in [3.63, 3.8) is 0 Å². The Morgan fingerprint density at radius 2 is 2.33 bits per heavy atom. The van der Waals surface area contributed by atoms with Gasteiger partial charge in [-0.1, -0.05) is 0 Å². The first-order chi connectivity index (χ1) is 2.77. The molecular weight excluding hydrogens is 124 g/mol. The van der Waals surface area contributed by atoms with Gasteiger partial charge in [-0.15, -0.1) is 0 Å². The molecule has 0 aromatic heterocycles. The van der Waals surface area contributed by atoms with Crippen molar-refractivity contribution in [3.8, 4) is 0 Å². The largest absolute Gasteiger partial charge is 0.329 e. The highest BCUT2D eigenvalue weighted by molar-refractivity contribution is 8.05. The Balaban J connectivity index is 2.83. The molecule has 0 bridgehead atoms. The lowest BCUT2D eigenvalue weighted by Crippen LogP contribution is -1.86. The molecule has 0 radical (unpaired) electrons. The molecule has 5 heteroatoms. The summed E-state index contributed by atoms with van der Waals surface area (Å²) in [7, 11) is 0. The van der Waals surface area contributed by atoms with Crippen molar-refractivity contribution in [2.45, 2.75) is 0 Å². The van der Waals surface area contributed by atoms with Crippen LogP contribution in [0.1, 0.15) is 0 Å². The molecule has 0 spiro atoms. The maximum Gasteiger partial charge on any atom is 0.165 e. The number of hydrogen-bond acceptors (Lipinski definition) is 3. The Kier molecular flexibility index (Phi) is 3.86. The van der Waals surface area contributed by atoms with Crippen LogP contribution in [-0.4, -0.2) is 18.4 Å². The van der Waals surface area contributed by atoms with E-state index in [0.29, 0.717) is 12.0 Å². The summed E-state index contributed by atoms with van der Waals surface area (Å²) < 4.78 is 25.2. The summed E-state index contributed by atoms with van der Waals surface area (Å²) >= 11 is -1.49. The van der Waals surface area contributed by atoms with Gasteiger partial charge in [0.1, 0.15) is 5.08 Å². The van der Waals surface area contributed by atoms with Gasteiger partial charge < -0.3 is 9.11 Å². The average Bonchev–Trinajstić information content (AvgIpc) is 1.35. The molecular formula is CH4O3S2. The summed E-state index contributed by atoms with van der Waals surface area (Å²) in [5.41, 5.74) is 0. The first kappa shape index (κ1) is 6.42. The van der Waals surface area contributed by atoms with Crippen LogP contribution in [0.5, 0.6) is 0 Å². The molecule has 0 heterocycles. The second kappa shape index (κ2) is 3.60. The molecule has 0 aromatic rings. The van der Waals surface area contributed by atoms with E-state index >= 15 is 0 Å². The average molecular weight is 128 g/mol. The van der Waals surface area contributed by atoms with Gasteiger partial charge in [-0.25, -0.2) is 4.21 Å². The van der Waals surface area contributed by atoms with Gasteiger partial charge in [0.05, 0.1) is 0 Å². The Morgan fingerprint density at radius 3 is 2.33 bits per heavy atom. The fourth-order valence-corrected chi connectivity index (χ4v) is 0.406. The van der Waals surface area contributed by atoms with Crippen LogP contribution in [0.15, 0.2) is 0 Å². The highest BCUT2D eigenvalue weighted by Gasteiger charge is 1.86.